The zero-order chi connectivity index (χ0) is 20.0. The first-order chi connectivity index (χ1) is 13.5. The molecule has 0 fully saturated rings. The van der Waals surface area contributed by atoms with Gasteiger partial charge in [-0.05, 0) is 42.5 Å². The standard InChI is InChI=1S/C25H29NO2/c1-19-10-6-7-13-21(19)16-25(2,17-24(26)27)22-14-8-9-15-23(22)28-18-20-11-4-3-5-12-20/h3-15,24,27H,16-18,26H2,1-2H3/t24-,25?/m1/s1. The first-order valence-corrected chi connectivity index (χ1v) is 9.72. The summed E-state index contributed by atoms with van der Waals surface area (Å²) in [7, 11) is 0. The smallest absolute Gasteiger partial charge is 0.123 e. The van der Waals surface area contributed by atoms with E-state index in [1.165, 1.54) is 11.1 Å². The summed E-state index contributed by atoms with van der Waals surface area (Å²) in [4.78, 5) is 0. The highest BCUT2D eigenvalue weighted by Crippen LogP contribution is 2.38. The van der Waals surface area contributed by atoms with E-state index in [0.29, 0.717) is 13.0 Å². The van der Waals surface area contributed by atoms with Crippen LogP contribution in [-0.4, -0.2) is 11.3 Å². The minimum Gasteiger partial charge on any atom is -0.489 e. The summed E-state index contributed by atoms with van der Waals surface area (Å²) in [6.45, 7) is 4.77. The Bertz CT molecular complexity index is 892. The largest absolute Gasteiger partial charge is 0.489 e. The SMILES string of the molecule is Cc1ccccc1CC(C)(C[C@H](N)O)c1ccccc1OCc1ccccc1. The van der Waals surface area contributed by atoms with Crippen molar-refractivity contribution >= 4 is 0 Å². The Labute approximate surface area is 167 Å². The van der Waals surface area contributed by atoms with E-state index < -0.39 is 6.23 Å². The van der Waals surface area contributed by atoms with Crippen LogP contribution in [0.2, 0.25) is 0 Å². The van der Waals surface area contributed by atoms with Gasteiger partial charge in [0.1, 0.15) is 18.6 Å². The molecule has 0 spiro atoms. The van der Waals surface area contributed by atoms with E-state index in [0.717, 1.165) is 23.3 Å². The van der Waals surface area contributed by atoms with E-state index >= 15 is 0 Å². The van der Waals surface area contributed by atoms with E-state index in [-0.39, 0.29) is 5.41 Å². The second-order valence-electron chi connectivity index (χ2n) is 7.71. The van der Waals surface area contributed by atoms with Crippen molar-refractivity contribution in [2.45, 2.75) is 44.9 Å². The predicted molar refractivity (Wildman–Crippen MR) is 114 cm³/mol. The fraction of sp³-hybridized carbons (Fsp3) is 0.280. The van der Waals surface area contributed by atoms with Crippen LogP contribution < -0.4 is 10.5 Å². The Hall–Kier alpha value is -2.62. The number of nitrogens with two attached hydrogens (primary N) is 1. The zero-order valence-electron chi connectivity index (χ0n) is 16.6. The summed E-state index contributed by atoms with van der Waals surface area (Å²) in [5.74, 6) is 0.836. The van der Waals surface area contributed by atoms with Crippen LogP contribution in [0.4, 0.5) is 0 Å². The number of hydrogen-bond donors (Lipinski definition) is 2. The molecule has 0 aliphatic carbocycles. The molecule has 0 heterocycles. The molecule has 0 aromatic heterocycles. The minimum atomic E-state index is -0.892. The molecule has 0 aliphatic rings. The summed E-state index contributed by atoms with van der Waals surface area (Å²) >= 11 is 0. The van der Waals surface area contributed by atoms with Gasteiger partial charge in [0.2, 0.25) is 0 Å². The molecule has 3 rings (SSSR count). The highest BCUT2D eigenvalue weighted by Gasteiger charge is 2.32. The maximum atomic E-state index is 10.0. The van der Waals surface area contributed by atoms with Crippen molar-refractivity contribution in [3.05, 3.63) is 101 Å². The lowest BCUT2D eigenvalue weighted by atomic mass is 9.73. The van der Waals surface area contributed by atoms with E-state index in [9.17, 15) is 5.11 Å². The van der Waals surface area contributed by atoms with Gasteiger partial charge in [-0.25, -0.2) is 0 Å². The van der Waals surface area contributed by atoms with Gasteiger partial charge in [0.15, 0.2) is 0 Å². The molecule has 146 valence electrons. The average molecular weight is 376 g/mol. The first kappa shape index (κ1) is 20.1. The van der Waals surface area contributed by atoms with Crippen LogP contribution in [0.1, 0.15) is 35.6 Å². The molecule has 3 aromatic carbocycles. The summed E-state index contributed by atoms with van der Waals surface area (Å²) in [6.07, 6.45) is 0.336. The zero-order valence-corrected chi connectivity index (χ0v) is 16.6. The molecular formula is C25H29NO2. The summed E-state index contributed by atoms with van der Waals surface area (Å²) in [5, 5.41) is 10.0. The van der Waals surface area contributed by atoms with Gasteiger partial charge < -0.3 is 15.6 Å². The fourth-order valence-corrected chi connectivity index (χ4v) is 3.79. The third-order valence-corrected chi connectivity index (χ3v) is 5.28. The van der Waals surface area contributed by atoms with E-state index in [4.69, 9.17) is 10.5 Å². The van der Waals surface area contributed by atoms with Crippen molar-refractivity contribution in [3.63, 3.8) is 0 Å². The van der Waals surface area contributed by atoms with Gasteiger partial charge in [-0.2, -0.15) is 0 Å². The molecule has 0 aliphatic heterocycles. The van der Waals surface area contributed by atoms with Gasteiger partial charge >= 0.3 is 0 Å². The summed E-state index contributed by atoms with van der Waals surface area (Å²) in [6, 6.07) is 26.6. The van der Waals surface area contributed by atoms with Gasteiger partial charge in [-0.3, -0.25) is 0 Å². The number of hydrogen-bond acceptors (Lipinski definition) is 3. The van der Waals surface area contributed by atoms with Crippen LogP contribution in [0.25, 0.3) is 0 Å². The number of aliphatic hydroxyl groups is 1. The lowest BCUT2D eigenvalue weighted by molar-refractivity contribution is 0.138. The first-order valence-electron chi connectivity index (χ1n) is 9.72. The van der Waals surface area contributed by atoms with Gasteiger partial charge in [-0.15, -0.1) is 0 Å². The molecule has 0 radical (unpaired) electrons. The second kappa shape index (κ2) is 9.05. The van der Waals surface area contributed by atoms with Gasteiger partial charge in [0.05, 0.1) is 0 Å². The molecule has 3 heteroatoms. The molecule has 3 N–H and O–H groups in total. The third-order valence-electron chi connectivity index (χ3n) is 5.28. The van der Waals surface area contributed by atoms with Crippen molar-refractivity contribution in [3.8, 4) is 5.75 Å². The number of benzene rings is 3. The molecule has 0 amide bonds. The van der Waals surface area contributed by atoms with E-state index in [1.54, 1.807) is 0 Å². The van der Waals surface area contributed by atoms with E-state index in [2.05, 4.69) is 50.2 Å². The molecule has 0 saturated carbocycles. The quantitative estimate of drug-likeness (QED) is 0.559. The highest BCUT2D eigenvalue weighted by molar-refractivity contribution is 5.42. The summed E-state index contributed by atoms with van der Waals surface area (Å²) in [5.41, 5.74) is 10.2. The Kier molecular flexibility index (Phi) is 6.50. The second-order valence-corrected chi connectivity index (χ2v) is 7.71. The third kappa shape index (κ3) is 5.00. The monoisotopic (exact) mass is 375 g/mol. The molecule has 0 bridgehead atoms. The lowest BCUT2D eigenvalue weighted by Crippen LogP contribution is -2.35. The molecule has 2 atom stereocenters. The van der Waals surface area contributed by atoms with Crippen molar-refractivity contribution < 1.29 is 9.84 Å². The number of aliphatic hydroxyl groups excluding tert-OH is 1. The predicted octanol–water partition coefficient (Wildman–Crippen LogP) is 4.74. The molecule has 3 nitrogen and oxygen atoms in total. The molecule has 0 saturated heterocycles. The molecule has 3 aromatic rings. The number of para-hydroxylation sites is 1. The average Bonchev–Trinajstić information content (AvgIpc) is 2.69. The molecule has 28 heavy (non-hydrogen) atoms. The molecular weight excluding hydrogens is 346 g/mol. The minimum absolute atomic E-state index is 0.354. The Balaban J connectivity index is 1.92. The Morgan fingerprint density at radius 3 is 2.29 bits per heavy atom. The van der Waals surface area contributed by atoms with Crippen molar-refractivity contribution in [2.24, 2.45) is 5.73 Å². The summed E-state index contributed by atoms with van der Waals surface area (Å²) < 4.78 is 6.20. The van der Waals surface area contributed by atoms with Crippen molar-refractivity contribution in [1.82, 2.24) is 0 Å². The molecule has 1 unspecified atom stereocenters. The Morgan fingerprint density at radius 1 is 0.929 bits per heavy atom. The van der Waals surface area contributed by atoms with Crippen molar-refractivity contribution in [1.29, 1.82) is 0 Å². The lowest BCUT2D eigenvalue weighted by Gasteiger charge is -2.33. The van der Waals surface area contributed by atoms with Gasteiger partial charge in [0, 0.05) is 11.0 Å². The maximum Gasteiger partial charge on any atom is 0.123 e. The van der Waals surface area contributed by atoms with E-state index in [1.807, 2.05) is 42.5 Å². The topological polar surface area (TPSA) is 55.5 Å². The number of rotatable bonds is 8. The van der Waals surface area contributed by atoms with Crippen LogP contribution in [0.3, 0.4) is 0 Å². The fourth-order valence-electron chi connectivity index (χ4n) is 3.79. The van der Waals surface area contributed by atoms with Crippen molar-refractivity contribution in [2.75, 3.05) is 0 Å². The van der Waals surface area contributed by atoms with Crippen LogP contribution >= 0.6 is 0 Å². The highest BCUT2D eigenvalue weighted by atomic mass is 16.5. The Morgan fingerprint density at radius 2 is 1.57 bits per heavy atom. The van der Waals surface area contributed by atoms with Gasteiger partial charge in [-0.1, -0.05) is 79.7 Å². The van der Waals surface area contributed by atoms with Crippen LogP contribution in [0.5, 0.6) is 5.75 Å². The number of aryl methyl sites for hydroxylation is 1. The van der Waals surface area contributed by atoms with Gasteiger partial charge in [0.25, 0.3) is 0 Å². The number of ether oxygens (including phenoxy) is 1. The normalized spacial score (nSPS) is 14.3. The van der Waals surface area contributed by atoms with Crippen LogP contribution in [0.15, 0.2) is 78.9 Å². The van der Waals surface area contributed by atoms with Crippen LogP contribution in [0, 0.1) is 6.92 Å². The maximum absolute atomic E-state index is 10.0. The van der Waals surface area contributed by atoms with Crippen LogP contribution in [-0.2, 0) is 18.4 Å².